The van der Waals surface area contributed by atoms with Crippen LogP contribution in [-0.4, -0.2) is 62.8 Å². The average Bonchev–Trinajstić information content (AvgIpc) is 3.24. The highest BCUT2D eigenvalue weighted by Crippen LogP contribution is 2.27. The molecule has 3 heterocycles. The SMILES string of the molecule is CNC1CCN(C(=O)c2cc(S(=O)(=O)N3CCCC3)c(C)o2)CC1.Cl. The Morgan fingerprint density at radius 1 is 1.20 bits per heavy atom. The summed E-state index contributed by atoms with van der Waals surface area (Å²) in [5, 5.41) is 3.22. The Labute approximate surface area is 155 Å². The van der Waals surface area contributed by atoms with Crippen molar-refractivity contribution in [3.63, 3.8) is 0 Å². The molecule has 0 saturated carbocycles. The molecule has 2 fully saturated rings. The monoisotopic (exact) mass is 391 g/mol. The summed E-state index contributed by atoms with van der Waals surface area (Å²) in [5.41, 5.74) is 0. The first kappa shape index (κ1) is 20.2. The fraction of sp³-hybridized carbons (Fsp3) is 0.688. The van der Waals surface area contributed by atoms with Gasteiger partial charge in [-0.1, -0.05) is 0 Å². The lowest BCUT2D eigenvalue weighted by Gasteiger charge is -2.31. The van der Waals surface area contributed by atoms with Crippen molar-refractivity contribution in [3.05, 3.63) is 17.6 Å². The highest BCUT2D eigenvalue weighted by molar-refractivity contribution is 7.89. The molecule has 1 aromatic rings. The maximum atomic E-state index is 12.7. The molecular formula is C16H26ClN3O4S. The third-order valence-corrected chi connectivity index (χ3v) is 6.96. The van der Waals surface area contributed by atoms with Gasteiger partial charge < -0.3 is 14.6 Å². The fourth-order valence-corrected chi connectivity index (χ4v) is 5.10. The van der Waals surface area contributed by atoms with E-state index in [4.69, 9.17) is 4.42 Å². The van der Waals surface area contributed by atoms with Gasteiger partial charge in [-0.15, -0.1) is 12.4 Å². The highest BCUT2D eigenvalue weighted by atomic mass is 35.5. The molecule has 0 unspecified atom stereocenters. The average molecular weight is 392 g/mol. The molecule has 9 heteroatoms. The van der Waals surface area contributed by atoms with Gasteiger partial charge in [0, 0.05) is 38.3 Å². The molecule has 0 aromatic carbocycles. The zero-order chi connectivity index (χ0) is 17.3. The Bertz CT molecular complexity index is 705. The molecule has 142 valence electrons. The van der Waals surface area contributed by atoms with E-state index in [1.807, 2.05) is 7.05 Å². The van der Waals surface area contributed by atoms with Crippen molar-refractivity contribution >= 4 is 28.3 Å². The summed E-state index contributed by atoms with van der Waals surface area (Å²) in [5.74, 6) is 0.180. The number of likely N-dealkylation sites (tertiary alicyclic amines) is 1. The van der Waals surface area contributed by atoms with Crippen LogP contribution in [0, 0.1) is 6.92 Å². The number of halogens is 1. The quantitative estimate of drug-likeness (QED) is 0.843. The van der Waals surface area contributed by atoms with E-state index in [-0.39, 0.29) is 34.7 Å². The highest BCUT2D eigenvalue weighted by Gasteiger charge is 2.33. The Morgan fingerprint density at radius 3 is 2.36 bits per heavy atom. The van der Waals surface area contributed by atoms with Crippen LogP contribution in [0.5, 0.6) is 0 Å². The lowest BCUT2D eigenvalue weighted by atomic mass is 10.1. The maximum Gasteiger partial charge on any atom is 0.289 e. The fourth-order valence-electron chi connectivity index (χ4n) is 3.42. The first-order valence-corrected chi connectivity index (χ1v) is 9.94. The number of amides is 1. The van der Waals surface area contributed by atoms with Crippen LogP contribution in [0.25, 0.3) is 0 Å². The molecule has 1 amide bonds. The Balaban J connectivity index is 0.00000225. The molecule has 2 aliphatic rings. The lowest BCUT2D eigenvalue weighted by molar-refractivity contribution is 0.0674. The third-order valence-electron chi connectivity index (χ3n) is 4.96. The Kier molecular flexibility index (Phi) is 6.53. The van der Waals surface area contributed by atoms with Gasteiger partial charge in [0.25, 0.3) is 5.91 Å². The Morgan fingerprint density at radius 2 is 1.80 bits per heavy atom. The summed E-state index contributed by atoms with van der Waals surface area (Å²) in [6.07, 6.45) is 3.53. The molecule has 0 spiro atoms. The summed E-state index contributed by atoms with van der Waals surface area (Å²) in [4.78, 5) is 14.5. The lowest BCUT2D eigenvalue weighted by Crippen LogP contribution is -2.43. The van der Waals surface area contributed by atoms with Crippen LogP contribution in [0.4, 0.5) is 0 Å². The van der Waals surface area contributed by atoms with Crippen molar-refractivity contribution in [2.24, 2.45) is 0 Å². The second-order valence-electron chi connectivity index (χ2n) is 6.50. The van der Waals surface area contributed by atoms with Gasteiger partial charge in [-0.05, 0) is 39.7 Å². The molecule has 2 aliphatic heterocycles. The van der Waals surface area contributed by atoms with E-state index < -0.39 is 10.0 Å². The van der Waals surface area contributed by atoms with Gasteiger partial charge in [0.15, 0.2) is 5.76 Å². The van der Waals surface area contributed by atoms with Gasteiger partial charge in [-0.2, -0.15) is 4.31 Å². The number of hydrogen-bond donors (Lipinski definition) is 1. The second kappa shape index (κ2) is 8.07. The van der Waals surface area contributed by atoms with E-state index in [0.717, 1.165) is 25.7 Å². The van der Waals surface area contributed by atoms with Crippen molar-refractivity contribution in [1.29, 1.82) is 0 Å². The van der Waals surface area contributed by atoms with E-state index in [9.17, 15) is 13.2 Å². The molecule has 0 bridgehead atoms. The number of sulfonamides is 1. The number of carbonyl (C=O) groups is 1. The van der Waals surface area contributed by atoms with Crippen molar-refractivity contribution in [3.8, 4) is 0 Å². The summed E-state index contributed by atoms with van der Waals surface area (Å²) >= 11 is 0. The Hall–Kier alpha value is -1.09. The van der Waals surface area contributed by atoms with Crippen LogP contribution < -0.4 is 5.32 Å². The first-order chi connectivity index (χ1) is 11.4. The van der Waals surface area contributed by atoms with Crippen molar-refractivity contribution < 1.29 is 17.6 Å². The van der Waals surface area contributed by atoms with Crippen LogP contribution in [0.3, 0.4) is 0 Å². The zero-order valence-corrected chi connectivity index (χ0v) is 16.3. The van der Waals surface area contributed by atoms with Gasteiger partial charge in [0.1, 0.15) is 10.7 Å². The van der Waals surface area contributed by atoms with Gasteiger partial charge >= 0.3 is 0 Å². The van der Waals surface area contributed by atoms with Crippen molar-refractivity contribution in [2.75, 3.05) is 33.2 Å². The standard InChI is InChI=1S/C16H25N3O4S.ClH/c1-12-15(24(21,22)19-7-3-4-8-19)11-14(23-12)16(20)18-9-5-13(17-2)6-10-18;/h11,13,17H,3-10H2,1-2H3;1H. The maximum absolute atomic E-state index is 12.7. The van der Waals surface area contributed by atoms with Crippen LogP contribution in [0.1, 0.15) is 42.0 Å². The van der Waals surface area contributed by atoms with Crippen LogP contribution in [0.2, 0.25) is 0 Å². The smallest absolute Gasteiger partial charge is 0.289 e. The summed E-state index contributed by atoms with van der Waals surface area (Å²) in [6.45, 7) is 3.98. The van der Waals surface area contributed by atoms with Crippen molar-refractivity contribution in [1.82, 2.24) is 14.5 Å². The number of nitrogens with one attached hydrogen (secondary N) is 1. The van der Waals surface area contributed by atoms with Gasteiger partial charge in [0.2, 0.25) is 10.0 Å². The van der Waals surface area contributed by atoms with E-state index in [1.54, 1.807) is 11.8 Å². The van der Waals surface area contributed by atoms with Gasteiger partial charge in [-0.3, -0.25) is 4.79 Å². The van der Waals surface area contributed by atoms with E-state index >= 15 is 0 Å². The molecular weight excluding hydrogens is 366 g/mol. The van der Waals surface area contributed by atoms with E-state index in [0.29, 0.717) is 32.2 Å². The van der Waals surface area contributed by atoms with Crippen LogP contribution in [0.15, 0.2) is 15.4 Å². The normalized spacial score (nSPS) is 19.8. The number of piperidine rings is 1. The van der Waals surface area contributed by atoms with Gasteiger partial charge in [-0.25, -0.2) is 8.42 Å². The molecule has 1 aromatic heterocycles. The largest absolute Gasteiger partial charge is 0.455 e. The minimum atomic E-state index is -3.57. The molecule has 0 atom stereocenters. The van der Waals surface area contributed by atoms with E-state index in [1.165, 1.54) is 10.4 Å². The number of nitrogens with zero attached hydrogens (tertiary/aromatic N) is 2. The summed E-state index contributed by atoms with van der Waals surface area (Å²) < 4.78 is 32.4. The van der Waals surface area contributed by atoms with Crippen LogP contribution in [-0.2, 0) is 10.0 Å². The van der Waals surface area contributed by atoms with Gasteiger partial charge in [0.05, 0.1) is 0 Å². The number of furan rings is 1. The molecule has 0 aliphatic carbocycles. The minimum absolute atomic E-state index is 0. The molecule has 0 radical (unpaired) electrons. The first-order valence-electron chi connectivity index (χ1n) is 8.50. The predicted molar refractivity (Wildman–Crippen MR) is 96.7 cm³/mol. The number of carbonyl (C=O) groups excluding carboxylic acids is 1. The molecule has 3 rings (SSSR count). The third kappa shape index (κ3) is 4.02. The van der Waals surface area contributed by atoms with Crippen LogP contribution >= 0.6 is 12.4 Å². The zero-order valence-electron chi connectivity index (χ0n) is 14.7. The predicted octanol–water partition coefficient (Wildman–Crippen LogP) is 1.62. The number of rotatable bonds is 4. The molecule has 1 N–H and O–H groups in total. The minimum Gasteiger partial charge on any atom is -0.455 e. The summed E-state index contributed by atoms with van der Waals surface area (Å²) in [7, 11) is -1.64. The number of hydrogen-bond acceptors (Lipinski definition) is 5. The molecule has 7 nitrogen and oxygen atoms in total. The summed E-state index contributed by atoms with van der Waals surface area (Å²) in [6, 6.07) is 1.83. The molecule has 25 heavy (non-hydrogen) atoms. The second-order valence-corrected chi connectivity index (χ2v) is 8.40. The topological polar surface area (TPSA) is 82.9 Å². The number of aryl methyl sites for hydroxylation is 1. The molecule has 2 saturated heterocycles. The van der Waals surface area contributed by atoms with Crippen molar-refractivity contribution in [2.45, 2.75) is 43.5 Å². The van der Waals surface area contributed by atoms with E-state index in [2.05, 4.69) is 5.32 Å².